The van der Waals surface area contributed by atoms with Crippen molar-refractivity contribution >= 4 is 27.3 Å². The summed E-state index contributed by atoms with van der Waals surface area (Å²) in [5.41, 5.74) is 0. The molecule has 0 fully saturated rings. The molecule has 0 radical (unpaired) electrons. The second-order valence-electron chi connectivity index (χ2n) is 3.09. The van der Waals surface area contributed by atoms with Crippen LogP contribution in [0.5, 0.6) is 0 Å². The van der Waals surface area contributed by atoms with Gasteiger partial charge in [-0.25, -0.2) is 0 Å². The van der Waals surface area contributed by atoms with E-state index in [9.17, 15) is 0 Å². The molecule has 0 bridgehead atoms. The second-order valence-corrected chi connectivity index (χ2v) is 5.23. The zero-order valence-electron chi connectivity index (χ0n) is 8.36. The first kappa shape index (κ1) is 11.2. The van der Waals surface area contributed by atoms with Crippen LogP contribution >= 0.6 is 27.3 Å². The normalized spacial score (nSPS) is 13.2. The molecule has 1 rings (SSSR count). The minimum Gasteiger partial charge on any atom is -0.309 e. The minimum atomic E-state index is 0.512. The Bertz CT molecular complexity index is 270. The van der Waals surface area contributed by atoms with Gasteiger partial charge in [0.05, 0.1) is 0 Å². The lowest BCUT2D eigenvalue weighted by atomic mass is 10.2. The smallest absolute Gasteiger partial charge is 0.0423 e. The maximum Gasteiger partial charge on any atom is 0.0423 e. The molecular weight excluding hydrogens is 246 g/mol. The van der Waals surface area contributed by atoms with Crippen LogP contribution in [0.4, 0.5) is 0 Å². The van der Waals surface area contributed by atoms with Crippen molar-refractivity contribution in [2.75, 3.05) is 6.54 Å². The fraction of sp³-hybridized carbons (Fsp3) is 0.600. The van der Waals surface area contributed by atoms with Crippen LogP contribution in [0.15, 0.2) is 10.5 Å². The van der Waals surface area contributed by atoms with Crippen LogP contribution < -0.4 is 5.32 Å². The summed E-state index contributed by atoms with van der Waals surface area (Å²) in [5.74, 6) is 0. The molecule has 1 unspecified atom stereocenters. The van der Waals surface area contributed by atoms with E-state index in [2.05, 4.69) is 48.1 Å². The molecule has 1 aromatic rings. The molecular formula is C10H16BrNS. The van der Waals surface area contributed by atoms with Crippen LogP contribution in [-0.4, -0.2) is 6.54 Å². The van der Waals surface area contributed by atoms with Crippen molar-refractivity contribution in [1.29, 1.82) is 0 Å². The highest BCUT2D eigenvalue weighted by molar-refractivity contribution is 9.10. The first-order valence-electron chi connectivity index (χ1n) is 4.68. The summed E-state index contributed by atoms with van der Waals surface area (Å²) in [5, 5.41) is 3.48. The maximum absolute atomic E-state index is 3.60. The van der Waals surface area contributed by atoms with Gasteiger partial charge in [0.2, 0.25) is 0 Å². The van der Waals surface area contributed by atoms with Crippen molar-refractivity contribution in [1.82, 2.24) is 5.32 Å². The molecule has 13 heavy (non-hydrogen) atoms. The molecule has 74 valence electrons. The molecule has 1 N–H and O–H groups in total. The van der Waals surface area contributed by atoms with Gasteiger partial charge >= 0.3 is 0 Å². The van der Waals surface area contributed by atoms with Crippen LogP contribution in [0, 0.1) is 6.92 Å². The monoisotopic (exact) mass is 261 g/mol. The van der Waals surface area contributed by atoms with Crippen molar-refractivity contribution in [2.45, 2.75) is 33.2 Å². The van der Waals surface area contributed by atoms with Crippen LogP contribution in [0.1, 0.15) is 36.1 Å². The third-order valence-corrected chi connectivity index (χ3v) is 4.09. The molecule has 0 aliphatic heterocycles. The molecule has 0 amide bonds. The Kier molecular flexibility index (Phi) is 4.42. The number of hydrogen-bond acceptors (Lipinski definition) is 2. The molecule has 0 saturated carbocycles. The van der Waals surface area contributed by atoms with E-state index < -0.39 is 0 Å². The largest absolute Gasteiger partial charge is 0.309 e. The van der Waals surface area contributed by atoms with E-state index in [4.69, 9.17) is 0 Å². The van der Waals surface area contributed by atoms with Gasteiger partial charge in [-0.2, -0.15) is 0 Å². The Morgan fingerprint density at radius 3 is 2.62 bits per heavy atom. The van der Waals surface area contributed by atoms with E-state index in [1.807, 2.05) is 11.3 Å². The van der Waals surface area contributed by atoms with Gasteiger partial charge in [0.1, 0.15) is 0 Å². The molecule has 3 heteroatoms. The van der Waals surface area contributed by atoms with E-state index in [1.54, 1.807) is 0 Å². The number of rotatable bonds is 4. The predicted molar refractivity (Wildman–Crippen MR) is 63.5 cm³/mol. The van der Waals surface area contributed by atoms with Gasteiger partial charge < -0.3 is 5.32 Å². The van der Waals surface area contributed by atoms with E-state index in [0.717, 1.165) is 13.0 Å². The second kappa shape index (κ2) is 5.13. The number of halogens is 1. The Morgan fingerprint density at radius 2 is 2.23 bits per heavy atom. The Balaban J connectivity index is 2.83. The maximum atomic E-state index is 3.60. The molecule has 1 atom stereocenters. The fourth-order valence-corrected chi connectivity index (χ4v) is 3.49. The predicted octanol–water partition coefficient (Wildman–Crippen LogP) is 3.88. The quantitative estimate of drug-likeness (QED) is 0.868. The fourth-order valence-electron chi connectivity index (χ4n) is 1.41. The van der Waals surface area contributed by atoms with Gasteiger partial charge in [0.15, 0.2) is 0 Å². The topological polar surface area (TPSA) is 12.0 Å². The summed E-state index contributed by atoms with van der Waals surface area (Å²) in [6.45, 7) is 7.55. The number of hydrogen-bond donors (Lipinski definition) is 1. The van der Waals surface area contributed by atoms with Gasteiger partial charge in [-0.3, -0.25) is 0 Å². The van der Waals surface area contributed by atoms with E-state index in [-0.39, 0.29) is 0 Å². The lowest BCUT2D eigenvalue weighted by Crippen LogP contribution is -2.19. The zero-order valence-corrected chi connectivity index (χ0v) is 10.8. The van der Waals surface area contributed by atoms with Crippen molar-refractivity contribution in [3.63, 3.8) is 0 Å². The van der Waals surface area contributed by atoms with Crippen LogP contribution in [-0.2, 0) is 0 Å². The highest BCUT2D eigenvalue weighted by atomic mass is 79.9. The summed E-state index contributed by atoms with van der Waals surface area (Å²) in [7, 11) is 0. The molecule has 1 heterocycles. The summed E-state index contributed by atoms with van der Waals surface area (Å²) in [4.78, 5) is 2.81. The van der Waals surface area contributed by atoms with Crippen LogP contribution in [0.3, 0.4) is 0 Å². The van der Waals surface area contributed by atoms with Gasteiger partial charge in [-0.05, 0) is 41.9 Å². The molecule has 0 aliphatic rings. The first-order chi connectivity index (χ1) is 6.19. The minimum absolute atomic E-state index is 0.512. The molecule has 0 saturated heterocycles. The van der Waals surface area contributed by atoms with Gasteiger partial charge in [-0.1, -0.05) is 13.8 Å². The third kappa shape index (κ3) is 2.79. The van der Waals surface area contributed by atoms with Crippen LogP contribution in [0.25, 0.3) is 0 Å². The summed E-state index contributed by atoms with van der Waals surface area (Å²) in [6.07, 6.45) is 1.15. The average molecular weight is 262 g/mol. The third-order valence-electron chi connectivity index (χ3n) is 2.01. The molecule has 0 aromatic carbocycles. The number of thiophene rings is 1. The van der Waals surface area contributed by atoms with Crippen molar-refractivity contribution in [3.05, 3.63) is 20.3 Å². The number of nitrogens with one attached hydrogen (secondary N) is 1. The standard InChI is InChI=1S/C10H16BrNS/c1-4-9(12-5-2)10-8(11)6-7(3)13-10/h6,9,12H,4-5H2,1-3H3. The highest BCUT2D eigenvalue weighted by Crippen LogP contribution is 2.33. The van der Waals surface area contributed by atoms with Crippen molar-refractivity contribution < 1.29 is 0 Å². The summed E-state index contributed by atoms with van der Waals surface area (Å²) < 4.78 is 1.25. The molecule has 1 aromatic heterocycles. The van der Waals surface area contributed by atoms with Crippen molar-refractivity contribution in [2.24, 2.45) is 0 Å². The molecule has 0 spiro atoms. The summed E-state index contributed by atoms with van der Waals surface area (Å²) in [6, 6.07) is 2.71. The van der Waals surface area contributed by atoms with Crippen LogP contribution in [0.2, 0.25) is 0 Å². The van der Waals surface area contributed by atoms with E-state index in [0.29, 0.717) is 6.04 Å². The van der Waals surface area contributed by atoms with E-state index >= 15 is 0 Å². The first-order valence-corrected chi connectivity index (χ1v) is 6.29. The van der Waals surface area contributed by atoms with E-state index in [1.165, 1.54) is 14.2 Å². The highest BCUT2D eigenvalue weighted by Gasteiger charge is 2.13. The van der Waals surface area contributed by atoms with Gasteiger partial charge in [0, 0.05) is 20.3 Å². The van der Waals surface area contributed by atoms with Gasteiger partial charge in [-0.15, -0.1) is 11.3 Å². The summed E-state index contributed by atoms with van der Waals surface area (Å²) >= 11 is 5.48. The SMILES string of the molecule is CCNC(CC)c1sc(C)cc1Br. The van der Waals surface area contributed by atoms with Crippen molar-refractivity contribution in [3.8, 4) is 0 Å². The number of aryl methyl sites for hydroxylation is 1. The Hall–Kier alpha value is 0.140. The lowest BCUT2D eigenvalue weighted by Gasteiger charge is -2.14. The van der Waals surface area contributed by atoms with Gasteiger partial charge in [0.25, 0.3) is 0 Å². The zero-order chi connectivity index (χ0) is 9.84. The molecule has 0 aliphatic carbocycles. The lowest BCUT2D eigenvalue weighted by molar-refractivity contribution is 0.544. The Morgan fingerprint density at radius 1 is 1.54 bits per heavy atom. The average Bonchev–Trinajstić information content (AvgIpc) is 2.41. The molecule has 1 nitrogen and oxygen atoms in total. The Labute approximate surface area is 92.7 Å².